The Balaban J connectivity index is 1.93. The highest BCUT2D eigenvalue weighted by molar-refractivity contribution is 5.93. The zero-order valence-corrected chi connectivity index (χ0v) is 14.8. The molecule has 2 aromatic rings. The molecule has 0 fully saturated rings. The second-order valence-corrected chi connectivity index (χ2v) is 6.11. The SMILES string of the molecule is CCN(CC(=O)Nc1c(C)n[nH]c1C)C[C@H](O)c1ccc(C)cc1. The number of hydrogen-bond acceptors (Lipinski definition) is 4. The third kappa shape index (κ3) is 4.66. The minimum atomic E-state index is -0.615. The summed E-state index contributed by atoms with van der Waals surface area (Å²) in [5, 5.41) is 20.2. The van der Waals surface area contributed by atoms with E-state index < -0.39 is 6.10 Å². The van der Waals surface area contributed by atoms with Crippen molar-refractivity contribution in [1.82, 2.24) is 15.1 Å². The summed E-state index contributed by atoms with van der Waals surface area (Å²) in [5.74, 6) is -0.111. The molecule has 3 N–H and O–H groups in total. The van der Waals surface area contributed by atoms with Gasteiger partial charge >= 0.3 is 0 Å². The van der Waals surface area contributed by atoms with Crippen molar-refractivity contribution in [3.8, 4) is 0 Å². The Morgan fingerprint density at radius 2 is 1.96 bits per heavy atom. The lowest BCUT2D eigenvalue weighted by Gasteiger charge is -2.23. The van der Waals surface area contributed by atoms with Gasteiger partial charge in [0.05, 0.1) is 29.7 Å². The van der Waals surface area contributed by atoms with Crippen LogP contribution in [0.5, 0.6) is 0 Å². The number of aliphatic hydroxyl groups is 1. The number of aromatic nitrogens is 2. The van der Waals surface area contributed by atoms with Crippen molar-refractivity contribution in [3.05, 3.63) is 46.8 Å². The molecular weight excluding hydrogens is 304 g/mol. The fraction of sp³-hybridized carbons (Fsp3) is 0.444. The monoisotopic (exact) mass is 330 g/mol. The van der Waals surface area contributed by atoms with Gasteiger partial charge in [-0.2, -0.15) is 5.10 Å². The van der Waals surface area contributed by atoms with Crippen molar-refractivity contribution in [2.45, 2.75) is 33.8 Å². The first-order chi connectivity index (χ1) is 11.4. The molecule has 6 heteroatoms. The number of hydrogen-bond donors (Lipinski definition) is 3. The summed E-state index contributed by atoms with van der Waals surface area (Å²) in [4.78, 5) is 14.2. The molecule has 1 aromatic carbocycles. The first-order valence-corrected chi connectivity index (χ1v) is 8.19. The van der Waals surface area contributed by atoms with Crippen molar-refractivity contribution >= 4 is 11.6 Å². The Kier molecular flexibility index (Phi) is 6.11. The Labute approximate surface area is 142 Å². The van der Waals surface area contributed by atoms with E-state index in [-0.39, 0.29) is 12.5 Å². The van der Waals surface area contributed by atoms with Crippen LogP contribution in [0.1, 0.15) is 35.5 Å². The summed E-state index contributed by atoms with van der Waals surface area (Å²) >= 11 is 0. The van der Waals surface area contributed by atoms with Crippen molar-refractivity contribution in [1.29, 1.82) is 0 Å². The summed E-state index contributed by atoms with van der Waals surface area (Å²) < 4.78 is 0. The molecule has 0 aliphatic carbocycles. The first kappa shape index (κ1) is 18.2. The van der Waals surface area contributed by atoms with Crippen LogP contribution in [0.25, 0.3) is 0 Å². The van der Waals surface area contributed by atoms with E-state index >= 15 is 0 Å². The highest BCUT2D eigenvalue weighted by atomic mass is 16.3. The average molecular weight is 330 g/mol. The maximum atomic E-state index is 12.3. The number of nitrogens with one attached hydrogen (secondary N) is 2. The number of aryl methyl sites for hydroxylation is 3. The lowest BCUT2D eigenvalue weighted by atomic mass is 10.1. The maximum absolute atomic E-state index is 12.3. The molecule has 0 bridgehead atoms. The minimum absolute atomic E-state index is 0.111. The van der Waals surface area contributed by atoms with E-state index in [1.165, 1.54) is 0 Å². The van der Waals surface area contributed by atoms with Gasteiger partial charge in [-0.05, 0) is 32.9 Å². The standard InChI is InChI=1S/C18H26N4O2/c1-5-22(10-16(23)15-8-6-12(2)7-9-15)11-17(24)19-18-13(3)20-21-14(18)4/h6-9,16,23H,5,10-11H2,1-4H3,(H,19,24)(H,20,21)/t16-/m0/s1. The number of benzene rings is 1. The molecule has 1 aromatic heterocycles. The van der Waals surface area contributed by atoms with Gasteiger partial charge in [-0.15, -0.1) is 0 Å². The van der Waals surface area contributed by atoms with Gasteiger partial charge in [0.2, 0.25) is 5.91 Å². The number of anilines is 1. The summed E-state index contributed by atoms with van der Waals surface area (Å²) in [7, 11) is 0. The van der Waals surface area contributed by atoms with Crippen LogP contribution in [0.4, 0.5) is 5.69 Å². The van der Waals surface area contributed by atoms with Crippen LogP contribution in [-0.2, 0) is 4.79 Å². The Morgan fingerprint density at radius 1 is 1.29 bits per heavy atom. The van der Waals surface area contributed by atoms with Gasteiger partial charge in [0.25, 0.3) is 0 Å². The van der Waals surface area contributed by atoms with Crippen LogP contribution in [-0.4, -0.2) is 45.7 Å². The van der Waals surface area contributed by atoms with E-state index in [0.29, 0.717) is 13.1 Å². The van der Waals surface area contributed by atoms with Crippen LogP contribution in [0.2, 0.25) is 0 Å². The van der Waals surface area contributed by atoms with Crippen LogP contribution in [0.15, 0.2) is 24.3 Å². The molecule has 1 amide bonds. The molecule has 0 radical (unpaired) electrons. The molecule has 0 saturated carbocycles. The van der Waals surface area contributed by atoms with Gasteiger partial charge in [0, 0.05) is 6.54 Å². The van der Waals surface area contributed by atoms with Crippen molar-refractivity contribution in [2.24, 2.45) is 0 Å². The molecule has 2 rings (SSSR count). The fourth-order valence-electron chi connectivity index (χ4n) is 2.56. The highest BCUT2D eigenvalue weighted by Gasteiger charge is 2.17. The van der Waals surface area contributed by atoms with Crippen molar-refractivity contribution in [3.63, 3.8) is 0 Å². The van der Waals surface area contributed by atoms with Gasteiger partial charge < -0.3 is 10.4 Å². The summed E-state index contributed by atoms with van der Waals surface area (Å²) in [6.45, 7) is 9.02. The average Bonchev–Trinajstić information content (AvgIpc) is 2.86. The molecule has 1 atom stereocenters. The number of carbonyl (C=O) groups excluding carboxylic acids is 1. The Bertz CT molecular complexity index is 659. The quantitative estimate of drug-likeness (QED) is 0.728. The third-order valence-electron chi connectivity index (χ3n) is 4.10. The molecule has 130 valence electrons. The summed E-state index contributed by atoms with van der Waals surface area (Å²) in [5.41, 5.74) is 4.35. The van der Waals surface area contributed by atoms with Crippen LogP contribution in [0, 0.1) is 20.8 Å². The van der Waals surface area contributed by atoms with Gasteiger partial charge in [-0.1, -0.05) is 36.8 Å². The number of carbonyl (C=O) groups is 1. The van der Waals surface area contributed by atoms with Gasteiger partial charge in [-0.3, -0.25) is 14.8 Å². The first-order valence-electron chi connectivity index (χ1n) is 8.19. The molecule has 0 aliphatic rings. The van der Waals surface area contributed by atoms with Gasteiger partial charge in [0.1, 0.15) is 0 Å². The number of rotatable bonds is 7. The maximum Gasteiger partial charge on any atom is 0.238 e. The van der Waals surface area contributed by atoms with E-state index in [1.54, 1.807) is 0 Å². The second-order valence-electron chi connectivity index (χ2n) is 6.11. The largest absolute Gasteiger partial charge is 0.387 e. The molecule has 1 heterocycles. The smallest absolute Gasteiger partial charge is 0.238 e. The Hall–Kier alpha value is -2.18. The lowest BCUT2D eigenvalue weighted by Crippen LogP contribution is -2.36. The third-order valence-corrected chi connectivity index (χ3v) is 4.10. The molecule has 0 aliphatic heterocycles. The minimum Gasteiger partial charge on any atom is -0.387 e. The van der Waals surface area contributed by atoms with E-state index in [1.807, 2.05) is 56.9 Å². The van der Waals surface area contributed by atoms with Gasteiger partial charge in [-0.25, -0.2) is 0 Å². The number of likely N-dealkylation sites (N-methyl/N-ethyl adjacent to an activating group) is 1. The van der Waals surface area contributed by atoms with E-state index in [2.05, 4.69) is 15.5 Å². The highest BCUT2D eigenvalue weighted by Crippen LogP contribution is 2.17. The number of aromatic amines is 1. The molecule has 0 saturated heterocycles. The van der Waals surface area contributed by atoms with E-state index in [0.717, 1.165) is 28.2 Å². The van der Waals surface area contributed by atoms with Crippen LogP contribution >= 0.6 is 0 Å². The number of nitrogens with zero attached hydrogens (tertiary/aromatic N) is 2. The van der Waals surface area contributed by atoms with Crippen LogP contribution in [0.3, 0.4) is 0 Å². The molecule has 24 heavy (non-hydrogen) atoms. The topological polar surface area (TPSA) is 81.2 Å². The zero-order chi connectivity index (χ0) is 17.7. The van der Waals surface area contributed by atoms with Crippen molar-refractivity contribution in [2.75, 3.05) is 25.0 Å². The second kappa shape index (κ2) is 8.08. The van der Waals surface area contributed by atoms with E-state index in [4.69, 9.17) is 0 Å². The lowest BCUT2D eigenvalue weighted by molar-refractivity contribution is -0.117. The Morgan fingerprint density at radius 3 is 2.50 bits per heavy atom. The van der Waals surface area contributed by atoms with E-state index in [9.17, 15) is 9.90 Å². The van der Waals surface area contributed by atoms with Crippen LogP contribution < -0.4 is 5.32 Å². The molecule has 6 nitrogen and oxygen atoms in total. The molecule has 0 spiro atoms. The number of H-pyrrole nitrogens is 1. The van der Waals surface area contributed by atoms with Gasteiger partial charge in [0.15, 0.2) is 0 Å². The number of amides is 1. The summed E-state index contributed by atoms with van der Waals surface area (Å²) in [6, 6.07) is 7.80. The molecular formula is C18H26N4O2. The van der Waals surface area contributed by atoms with Crippen molar-refractivity contribution < 1.29 is 9.90 Å². The summed E-state index contributed by atoms with van der Waals surface area (Å²) in [6.07, 6.45) is -0.615. The predicted octanol–water partition coefficient (Wildman–Crippen LogP) is 2.33. The predicted molar refractivity (Wildman–Crippen MR) is 94.9 cm³/mol. The zero-order valence-electron chi connectivity index (χ0n) is 14.8. The number of aliphatic hydroxyl groups excluding tert-OH is 1. The fourth-order valence-corrected chi connectivity index (χ4v) is 2.56. The molecule has 0 unspecified atom stereocenters. The normalized spacial score (nSPS) is 12.4.